The zero-order valence-electron chi connectivity index (χ0n) is 11.8. The first-order valence-corrected chi connectivity index (χ1v) is 7.89. The van der Waals surface area contributed by atoms with E-state index in [2.05, 4.69) is 44.9 Å². The van der Waals surface area contributed by atoms with Crippen molar-refractivity contribution < 1.29 is 9.90 Å². The van der Waals surface area contributed by atoms with Crippen LogP contribution in [0.3, 0.4) is 0 Å². The number of halogens is 1. The standard InChI is InChI=1S/C16H17BrN2O2/c1-10-2-3-13(17)12-4-7-18-15(14(10)12)19-8-5-11(6-9-19)16(20)21/h2-4,7,11H,5-6,8-9H2,1H3,(H,20,21). The Bertz CT molecular complexity index is 694. The fourth-order valence-corrected chi connectivity index (χ4v) is 3.45. The van der Waals surface area contributed by atoms with Crippen LogP contribution in [0.5, 0.6) is 0 Å². The lowest BCUT2D eigenvalue weighted by Crippen LogP contribution is -2.36. The van der Waals surface area contributed by atoms with Crippen LogP contribution < -0.4 is 4.90 Å². The van der Waals surface area contributed by atoms with Gasteiger partial charge in [0.25, 0.3) is 0 Å². The van der Waals surface area contributed by atoms with Crippen molar-refractivity contribution in [2.45, 2.75) is 19.8 Å². The van der Waals surface area contributed by atoms with Gasteiger partial charge in [0.15, 0.2) is 0 Å². The number of aliphatic carboxylic acids is 1. The maximum Gasteiger partial charge on any atom is 0.306 e. The molecule has 4 nitrogen and oxygen atoms in total. The number of piperidine rings is 1. The molecule has 1 fully saturated rings. The highest BCUT2D eigenvalue weighted by atomic mass is 79.9. The van der Waals surface area contributed by atoms with Crippen molar-refractivity contribution in [1.82, 2.24) is 4.98 Å². The van der Waals surface area contributed by atoms with Gasteiger partial charge < -0.3 is 10.0 Å². The smallest absolute Gasteiger partial charge is 0.306 e. The lowest BCUT2D eigenvalue weighted by Gasteiger charge is -2.32. The Labute approximate surface area is 131 Å². The monoisotopic (exact) mass is 348 g/mol. The number of pyridine rings is 1. The summed E-state index contributed by atoms with van der Waals surface area (Å²) in [5.41, 5.74) is 1.19. The van der Waals surface area contributed by atoms with Crippen LogP contribution in [0.15, 0.2) is 28.9 Å². The highest BCUT2D eigenvalue weighted by Crippen LogP contribution is 2.34. The molecular weight excluding hydrogens is 332 g/mol. The number of hydrogen-bond acceptors (Lipinski definition) is 3. The summed E-state index contributed by atoms with van der Waals surface area (Å²) in [4.78, 5) is 17.8. The van der Waals surface area contributed by atoms with Crippen LogP contribution in [0, 0.1) is 12.8 Å². The van der Waals surface area contributed by atoms with E-state index in [-0.39, 0.29) is 5.92 Å². The lowest BCUT2D eigenvalue weighted by atomic mass is 9.96. The van der Waals surface area contributed by atoms with E-state index in [1.165, 1.54) is 5.56 Å². The molecule has 0 atom stereocenters. The first kappa shape index (κ1) is 14.3. The van der Waals surface area contributed by atoms with Gasteiger partial charge in [-0.2, -0.15) is 0 Å². The van der Waals surface area contributed by atoms with E-state index in [1.54, 1.807) is 0 Å². The van der Waals surface area contributed by atoms with Crippen LogP contribution in [0.2, 0.25) is 0 Å². The summed E-state index contributed by atoms with van der Waals surface area (Å²) in [5.74, 6) is 0.0682. The topological polar surface area (TPSA) is 53.4 Å². The molecule has 1 aromatic carbocycles. The minimum Gasteiger partial charge on any atom is -0.481 e. The molecule has 3 rings (SSSR count). The second-order valence-corrected chi connectivity index (χ2v) is 6.38. The van der Waals surface area contributed by atoms with E-state index in [4.69, 9.17) is 5.11 Å². The molecule has 0 aliphatic carbocycles. The van der Waals surface area contributed by atoms with Crippen LogP contribution in [0.1, 0.15) is 18.4 Å². The van der Waals surface area contributed by atoms with Gasteiger partial charge >= 0.3 is 5.97 Å². The maximum absolute atomic E-state index is 11.1. The molecule has 0 radical (unpaired) electrons. The lowest BCUT2D eigenvalue weighted by molar-refractivity contribution is -0.142. The summed E-state index contributed by atoms with van der Waals surface area (Å²) in [6, 6.07) is 6.15. The third-order valence-electron chi connectivity index (χ3n) is 4.21. The second-order valence-electron chi connectivity index (χ2n) is 5.52. The van der Waals surface area contributed by atoms with Gasteiger partial charge in [-0.15, -0.1) is 0 Å². The van der Waals surface area contributed by atoms with Crippen LogP contribution in [-0.2, 0) is 4.79 Å². The van der Waals surface area contributed by atoms with E-state index in [0.717, 1.165) is 34.2 Å². The molecule has 1 N–H and O–H groups in total. The first-order chi connectivity index (χ1) is 10.1. The molecule has 5 heteroatoms. The first-order valence-electron chi connectivity index (χ1n) is 7.09. The molecule has 1 aliphatic heterocycles. The maximum atomic E-state index is 11.1. The highest BCUT2D eigenvalue weighted by Gasteiger charge is 2.26. The number of fused-ring (bicyclic) bond motifs is 1. The zero-order chi connectivity index (χ0) is 15.0. The Morgan fingerprint density at radius 1 is 1.33 bits per heavy atom. The van der Waals surface area contributed by atoms with Crippen molar-refractivity contribution >= 4 is 38.5 Å². The molecule has 110 valence electrons. The van der Waals surface area contributed by atoms with Gasteiger partial charge in [0.2, 0.25) is 0 Å². The number of carbonyl (C=O) groups is 1. The Hall–Kier alpha value is -1.62. The minimum atomic E-state index is -0.681. The van der Waals surface area contributed by atoms with Crippen LogP contribution in [0.25, 0.3) is 10.8 Å². The van der Waals surface area contributed by atoms with Gasteiger partial charge in [0, 0.05) is 34.5 Å². The molecule has 0 spiro atoms. The van der Waals surface area contributed by atoms with Crippen molar-refractivity contribution in [2.75, 3.05) is 18.0 Å². The molecule has 1 aliphatic rings. The number of aromatic nitrogens is 1. The zero-order valence-corrected chi connectivity index (χ0v) is 13.4. The van der Waals surface area contributed by atoms with E-state index >= 15 is 0 Å². The predicted molar refractivity (Wildman–Crippen MR) is 86.8 cm³/mol. The molecule has 2 aromatic rings. The summed E-state index contributed by atoms with van der Waals surface area (Å²) in [6.07, 6.45) is 3.19. The normalized spacial score (nSPS) is 16.4. The fraction of sp³-hybridized carbons (Fsp3) is 0.375. The van der Waals surface area contributed by atoms with Gasteiger partial charge in [0.1, 0.15) is 5.82 Å². The van der Waals surface area contributed by atoms with E-state index in [1.807, 2.05) is 12.3 Å². The fourth-order valence-electron chi connectivity index (χ4n) is 2.99. The molecule has 2 heterocycles. The number of benzene rings is 1. The van der Waals surface area contributed by atoms with E-state index in [0.29, 0.717) is 12.8 Å². The van der Waals surface area contributed by atoms with Crippen LogP contribution in [0.4, 0.5) is 5.82 Å². The SMILES string of the molecule is Cc1ccc(Br)c2ccnc(N3CCC(C(=O)O)CC3)c12. The molecule has 0 saturated carbocycles. The Balaban J connectivity index is 1.99. The summed E-state index contributed by atoms with van der Waals surface area (Å²) in [5, 5.41) is 11.4. The predicted octanol–water partition coefficient (Wildman–Crippen LogP) is 3.61. The highest BCUT2D eigenvalue weighted by molar-refractivity contribution is 9.10. The van der Waals surface area contributed by atoms with Gasteiger partial charge in [-0.25, -0.2) is 4.98 Å². The Kier molecular flexibility index (Phi) is 3.85. The van der Waals surface area contributed by atoms with E-state index in [9.17, 15) is 4.79 Å². The van der Waals surface area contributed by atoms with Gasteiger partial charge in [-0.05, 0) is 37.5 Å². The summed E-state index contributed by atoms with van der Waals surface area (Å²) >= 11 is 3.59. The Morgan fingerprint density at radius 3 is 2.71 bits per heavy atom. The van der Waals surface area contributed by atoms with Crippen LogP contribution >= 0.6 is 15.9 Å². The summed E-state index contributed by atoms with van der Waals surface area (Å²) in [6.45, 7) is 3.58. The number of nitrogens with zero attached hydrogens (tertiary/aromatic N) is 2. The van der Waals surface area contributed by atoms with Crippen molar-refractivity contribution in [3.63, 3.8) is 0 Å². The molecular formula is C16H17BrN2O2. The Morgan fingerprint density at radius 2 is 2.05 bits per heavy atom. The summed E-state index contributed by atoms with van der Waals surface area (Å²) < 4.78 is 1.06. The number of rotatable bonds is 2. The average molecular weight is 349 g/mol. The van der Waals surface area contributed by atoms with E-state index < -0.39 is 5.97 Å². The molecule has 1 aromatic heterocycles. The largest absolute Gasteiger partial charge is 0.481 e. The van der Waals surface area contributed by atoms with Gasteiger partial charge in [0.05, 0.1) is 5.92 Å². The number of anilines is 1. The van der Waals surface area contributed by atoms with Crippen LogP contribution in [-0.4, -0.2) is 29.1 Å². The van der Waals surface area contributed by atoms with Crippen molar-refractivity contribution in [3.8, 4) is 0 Å². The molecule has 0 bridgehead atoms. The van der Waals surface area contributed by atoms with Crippen molar-refractivity contribution in [2.24, 2.45) is 5.92 Å². The number of carboxylic acid groups (broad SMARTS) is 1. The molecule has 21 heavy (non-hydrogen) atoms. The number of carboxylic acids is 1. The van der Waals surface area contributed by atoms with Gasteiger partial charge in [-0.3, -0.25) is 4.79 Å². The third-order valence-corrected chi connectivity index (χ3v) is 4.90. The molecule has 1 saturated heterocycles. The van der Waals surface area contributed by atoms with Crippen molar-refractivity contribution in [1.29, 1.82) is 0 Å². The number of hydrogen-bond donors (Lipinski definition) is 1. The van der Waals surface area contributed by atoms with Gasteiger partial charge in [-0.1, -0.05) is 22.0 Å². The molecule has 0 amide bonds. The molecule has 0 unspecified atom stereocenters. The van der Waals surface area contributed by atoms with Crippen molar-refractivity contribution in [3.05, 3.63) is 34.4 Å². The summed E-state index contributed by atoms with van der Waals surface area (Å²) in [7, 11) is 0. The third kappa shape index (κ3) is 2.62. The quantitative estimate of drug-likeness (QED) is 0.900. The minimum absolute atomic E-state index is 0.218. The average Bonchev–Trinajstić information content (AvgIpc) is 2.50. The second kappa shape index (κ2) is 5.64. The number of aryl methyl sites for hydroxylation is 1.